The standard InChI is InChI=1S/C15H23ClN2O3S/c1-4-8-18(9-5-2)15(19)11-17-22(20,21)13-6-7-14(16)12(3)10-13/h6-7,10,17H,4-5,8-9,11H2,1-3H3. The minimum Gasteiger partial charge on any atom is -0.342 e. The van der Waals surface area contributed by atoms with Gasteiger partial charge in [-0.15, -0.1) is 0 Å². The molecule has 0 saturated heterocycles. The van der Waals surface area contributed by atoms with Gasteiger partial charge >= 0.3 is 0 Å². The van der Waals surface area contributed by atoms with Gasteiger partial charge in [0.25, 0.3) is 0 Å². The lowest BCUT2D eigenvalue weighted by molar-refractivity contribution is -0.130. The van der Waals surface area contributed by atoms with E-state index in [0.29, 0.717) is 23.7 Å². The first-order valence-corrected chi connectivity index (χ1v) is 9.21. The summed E-state index contributed by atoms with van der Waals surface area (Å²) in [5.74, 6) is -0.210. The number of hydrogen-bond donors (Lipinski definition) is 1. The third-order valence-corrected chi connectivity index (χ3v) is 5.02. The minimum absolute atomic E-state index is 0.111. The topological polar surface area (TPSA) is 66.5 Å². The fraction of sp³-hybridized carbons (Fsp3) is 0.533. The molecule has 0 fully saturated rings. The molecule has 0 aliphatic heterocycles. The zero-order valence-electron chi connectivity index (χ0n) is 13.2. The van der Waals surface area contributed by atoms with Crippen LogP contribution in [-0.4, -0.2) is 38.9 Å². The Morgan fingerprint density at radius 2 is 1.82 bits per heavy atom. The van der Waals surface area contributed by atoms with Crippen molar-refractivity contribution in [2.45, 2.75) is 38.5 Å². The summed E-state index contributed by atoms with van der Waals surface area (Å²) in [5, 5.41) is 0.507. The van der Waals surface area contributed by atoms with Crippen LogP contribution in [0.25, 0.3) is 0 Å². The van der Waals surface area contributed by atoms with E-state index in [-0.39, 0.29) is 17.3 Å². The summed E-state index contributed by atoms with van der Waals surface area (Å²) in [6.07, 6.45) is 1.68. The Hall–Kier alpha value is -1.11. The van der Waals surface area contributed by atoms with E-state index in [2.05, 4.69) is 4.72 Å². The SMILES string of the molecule is CCCN(CCC)C(=O)CNS(=O)(=O)c1ccc(Cl)c(C)c1. The van der Waals surface area contributed by atoms with E-state index in [0.717, 1.165) is 12.8 Å². The summed E-state index contributed by atoms with van der Waals surface area (Å²) >= 11 is 5.89. The van der Waals surface area contributed by atoms with E-state index >= 15 is 0 Å². The lowest BCUT2D eigenvalue weighted by Gasteiger charge is -2.21. The molecule has 1 aromatic carbocycles. The molecule has 0 heterocycles. The normalized spacial score (nSPS) is 11.5. The van der Waals surface area contributed by atoms with Crippen LogP contribution in [0.1, 0.15) is 32.3 Å². The molecule has 22 heavy (non-hydrogen) atoms. The van der Waals surface area contributed by atoms with Crippen LogP contribution in [0.3, 0.4) is 0 Å². The smallest absolute Gasteiger partial charge is 0.241 e. The summed E-state index contributed by atoms with van der Waals surface area (Å²) in [6, 6.07) is 4.46. The van der Waals surface area contributed by atoms with Crippen molar-refractivity contribution in [3.63, 3.8) is 0 Å². The summed E-state index contributed by atoms with van der Waals surface area (Å²) in [4.78, 5) is 13.9. The monoisotopic (exact) mass is 346 g/mol. The maximum atomic E-state index is 12.2. The molecule has 0 aliphatic carbocycles. The average molecular weight is 347 g/mol. The van der Waals surface area contributed by atoms with Crippen LogP contribution in [-0.2, 0) is 14.8 Å². The first-order chi connectivity index (χ1) is 10.3. The predicted octanol–water partition coefficient (Wildman–Crippen LogP) is 2.58. The van der Waals surface area contributed by atoms with Gasteiger partial charge in [0.05, 0.1) is 11.4 Å². The number of rotatable bonds is 8. The summed E-state index contributed by atoms with van der Waals surface area (Å²) in [5.41, 5.74) is 0.675. The second-order valence-electron chi connectivity index (χ2n) is 5.12. The van der Waals surface area contributed by atoms with Crippen LogP contribution in [0.15, 0.2) is 23.1 Å². The summed E-state index contributed by atoms with van der Waals surface area (Å²) < 4.78 is 26.8. The van der Waals surface area contributed by atoms with Gasteiger partial charge in [0.1, 0.15) is 0 Å². The highest BCUT2D eigenvalue weighted by molar-refractivity contribution is 7.89. The van der Waals surface area contributed by atoms with Crippen LogP contribution < -0.4 is 4.72 Å². The number of benzene rings is 1. The number of halogens is 1. The van der Waals surface area contributed by atoms with Gasteiger partial charge in [0.2, 0.25) is 15.9 Å². The highest BCUT2D eigenvalue weighted by Gasteiger charge is 2.18. The van der Waals surface area contributed by atoms with Crippen molar-refractivity contribution in [2.24, 2.45) is 0 Å². The lowest BCUT2D eigenvalue weighted by Crippen LogP contribution is -2.40. The number of nitrogens with one attached hydrogen (secondary N) is 1. The molecule has 0 spiro atoms. The molecule has 7 heteroatoms. The summed E-state index contributed by atoms with van der Waals surface area (Å²) in [7, 11) is -3.71. The van der Waals surface area contributed by atoms with E-state index in [1.54, 1.807) is 11.8 Å². The van der Waals surface area contributed by atoms with Gasteiger partial charge in [0.15, 0.2) is 0 Å². The van der Waals surface area contributed by atoms with Gasteiger partial charge in [-0.25, -0.2) is 13.1 Å². The van der Waals surface area contributed by atoms with Crippen molar-refractivity contribution in [1.82, 2.24) is 9.62 Å². The largest absolute Gasteiger partial charge is 0.342 e. The average Bonchev–Trinajstić information content (AvgIpc) is 2.47. The number of hydrogen-bond acceptors (Lipinski definition) is 3. The Labute approximate surface area is 137 Å². The number of sulfonamides is 1. The Morgan fingerprint density at radius 3 is 2.32 bits per heavy atom. The number of carbonyl (C=O) groups excluding carboxylic acids is 1. The van der Waals surface area contributed by atoms with E-state index in [9.17, 15) is 13.2 Å². The molecule has 1 N–H and O–H groups in total. The van der Waals surface area contributed by atoms with Gasteiger partial charge in [-0.2, -0.15) is 0 Å². The van der Waals surface area contributed by atoms with E-state index in [1.807, 2.05) is 13.8 Å². The quantitative estimate of drug-likeness (QED) is 0.786. The van der Waals surface area contributed by atoms with Crippen molar-refractivity contribution in [1.29, 1.82) is 0 Å². The molecule has 0 aliphatic rings. The molecule has 124 valence electrons. The molecule has 1 rings (SSSR count). The Balaban J connectivity index is 2.76. The van der Waals surface area contributed by atoms with Crippen molar-refractivity contribution >= 4 is 27.5 Å². The van der Waals surface area contributed by atoms with Crippen LogP contribution in [0, 0.1) is 6.92 Å². The van der Waals surface area contributed by atoms with Crippen LogP contribution >= 0.6 is 11.6 Å². The van der Waals surface area contributed by atoms with Crippen molar-refractivity contribution in [3.8, 4) is 0 Å². The first kappa shape index (κ1) is 18.9. The molecular weight excluding hydrogens is 324 g/mol. The molecule has 5 nitrogen and oxygen atoms in total. The van der Waals surface area contributed by atoms with Gasteiger partial charge in [-0.1, -0.05) is 25.4 Å². The lowest BCUT2D eigenvalue weighted by atomic mass is 10.2. The Bertz CT molecular complexity index is 611. The van der Waals surface area contributed by atoms with Gasteiger partial charge < -0.3 is 4.90 Å². The molecule has 1 aromatic rings. The fourth-order valence-corrected chi connectivity index (χ4v) is 3.21. The number of amides is 1. The molecule has 0 bridgehead atoms. The molecule has 1 amide bonds. The second-order valence-corrected chi connectivity index (χ2v) is 7.29. The van der Waals surface area contributed by atoms with E-state index in [1.165, 1.54) is 18.2 Å². The van der Waals surface area contributed by atoms with Crippen molar-refractivity contribution in [3.05, 3.63) is 28.8 Å². The van der Waals surface area contributed by atoms with Crippen molar-refractivity contribution in [2.75, 3.05) is 19.6 Å². The molecule has 0 aromatic heterocycles. The van der Waals surface area contributed by atoms with E-state index < -0.39 is 10.0 Å². The third kappa shape index (κ3) is 5.26. The number of nitrogens with zero attached hydrogens (tertiary/aromatic N) is 1. The molecule has 0 saturated carbocycles. The first-order valence-electron chi connectivity index (χ1n) is 7.35. The predicted molar refractivity (Wildman–Crippen MR) is 88.5 cm³/mol. The van der Waals surface area contributed by atoms with Crippen LogP contribution in [0.4, 0.5) is 0 Å². The molecule has 0 unspecified atom stereocenters. The Morgan fingerprint density at radius 1 is 1.23 bits per heavy atom. The van der Waals surface area contributed by atoms with Gasteiger partial charge in [-0.3, -0.25) is 4.79 Å². The molecule has 0 radical (unpaired) electrons. The van der Waals surface area contributed by atoms with Gasteiger partial charge in [-0.05, 0) is 43.5 Å². The van der Waals surface area contributed by atoms with Gasteiger partial charge in [0, 0.05) is 18.1 Å². The molecular formula is C15H23ClN2O3S. The molecule has 0 atom stereocenters. The fourth-order valence-electron chi connectivity index (χ4n) is 2.04. The van der Waals surface area contributed by atoms with Crippen LogP contribution in [0.2, 0.25) is 5.02 Å². The zero-order valence-corrected chi connectivity index (χ0v) is 14.8. The second kappa shape index (κ2) is 8.50. The minimum atomic E-state index is -3.71. The summed E-state index contributed by atoms with van der Waals surface area (Å²) in [6.45, 7) is 6.73. The third-order valence-electron chi connectivity index (χ3n) is 3.19. The maximum absolute atomic E-state index is 12.2. The number of aryl methyl sites for hydroxylation is 1. The maximum Gasteiger partial charge on any atom is 0.241 e. The zero-order chi connectivity index (χ0) is 16.8. The highest BCUT2D eigenvalue weighted by atomic mass is 35.5. The van der Waals surface area contributed by atoms with Crippen LogP contribution in [0.5, 0.6) is 0 Å². The van der Waals surface area contributed by atoms with Crippen molar-refractivity contribution < 1.29 is 13.2 Å². The highest BCUT2D eigenvalue weighted by Crippen LogP contribution is 2.19. The number of carbonyl (C=O) groups is 1. The Kier molecular flexibility index (Phi) is 7.32. The van der Waals surface area contributed by atoms with E-state index in [4.69, 9.17) is 11.6 Å².